The number of unbranched alkanes of at least 4 members (excludes halogenated alkanes) is 1. The van der Waals surface area contributed by atoms with E-state index in [1.54, 1.807) is 0 Å². The van der Waals surface area contributed by atoms with E-state index in [4.69, 9.17) is 0 Å². The van der Waals surface area contributed by atoms with Gasteiger partial charge in [-0.05, 0) is 36.8 Å². The predicted octanol–water partition coefficient (Wildman–Crippen LogP) is 5.63. The second kappa shape index (κ2) is 11.2. The molecule has 3 aromatic rings. The van der Waals surface area contributed by atoms with Crippen molar-refractivity contribution in [1.29, 1.82) is 0 Å². The standard InChI is InChI=1S/C23H22F4N4O2S/c1-2-3-12-31(21(33)16-5-4-6-18(24)14-16)13-11-19(32)28-22-30-29-20(34-22)15-7-9-17(10-8-15)23(25,26)27/h4-10,14H,2-3,11-13H2,1H3,(H,28,30,32). The number of carbonyl (C=O) groups is 2. The maximum atomic E-state index is 13.5. The molecule has 0 saturated heterocycles. The molecule has 0 bridgehead atoms. The Labute approximate surface area is 197 Å². The minimum absolute atomic E-state index is 0.0139. The summed E-state index contributed by atoms with van der Waals surface area (Å²) < 4.78 is 51.7. The molecule has 1 heterocycles. The summed E-state index contributed by atoms with van der Waals surface area (Å²) in [5.41, 5.74) is -0.117. The fourth-order valence-corrected chi connectivity index (χ4v) is 3.84. The van der Waals surface area contributed by atoms with Crippen molar-refractivity contribution in [3.05, 3.63) is 65.5 Å². The Morgan fingerprint density at radius 1 is 1.06 bits per heavy atom. The molecule has 180 valence electrons. The molecule has 11 heteroatoms. The molecule has 0 unspecified atom stereocenters. The summed E-state index contributed by atoms with van der Waals surface area (Å²) in [6.07, 6.45) is -2.87. The minimum Gasteiger partial charge on any atom is -0.338 e. The first-order chi connectivity index (χ1) is 16.2. The molecule has 1 aromatic heterocycles. The quantitative estimate of drug-likeness (QED) is 0.391. The van der Waals surface area contributed by atoms with Crippen molar-refractivity contribution in [1.82, 2.24) is 15.1 Å². The maximum Gasteiger partial charge on any atom is 0.416 e. The van der Waals surface area contributed by atoms with Crippen molar-refractivity contribution < 1.29 is 27.2 Å². The van der Waals surface area contributed by atoms with Crippen LogP contribution in [0.2, 0.25) is 0 Å². The lowest BCUT2D eigenvalue weighted by atomic mass is 10.1. The van der Waals surface area contributed by atoms with Gasteiger partial charge in [-0.3, -0.25) is 9.59 Å². The third kappa shape index (κ3) is 6.83. The molecule has 1 N–H and O–H groups in total. The number of anilines is 1. The molecule has 0 fully saturated rings. The van der Waals surface area contributed by atoms with E-state index in [2.05, 4.69) is 15.5 Å². The van der Waals surface area contributed by atoms with Gasteiger partial charge in [0, 0.05) is 30.6 Å². The minimum atomic E-state index is -4.43. The van der Waals surface area contributed by atoms with Crippen LogP contribution in [0.4, 0.5) is 22.7 Å². The largest absolute Gasteiger partial charge is 0.416 e. The Morgan fingerprint density at radius 3 is 2.44 bits per heavy atom. The number of amides is 2. The zero-order chi connectivity index (χ0) is 24.7. The van der Waals surface area contributed by atoms with Gasteiger partial charge in [0.25, 0.3) is 5.91 Å². The van der Waals surface area contributed by atoms with Crippen LogP contribution in [0.25, 0.3) is 10.6 Å². The van der Waals surface area contributed by atoms with Crippen molar-refractivity contribution in [2.45, 2.75) is 32.4 Å². The smallest absolute Gasteiger partial charge is 0.338 e. The highest BCUT2D eigenvalue weighted by atomic mass is 32.1. The number of carbonyl (C=O) groups excluding carboxylic acids is 2. The van der Waals surface area contributed by atoms with E-state index >= 15 is 0 Å². The van der Waals surface area contributed by atoms with Crippen molar-refractivity contribution in [2.24, 2.45) is 0 Å². The van der Waals surface area contributed by atoms with Crippen LogP contribution in [0.5, 0.6) is 0 Å². The molecule has 6 nitrogen and oxygen atoms in total. The monoisotopic (exact) mass is 494 g/mol. The van der Waals surface area contributed by atoms with Crippen LogP contribution < -0.4 is 5.32 Å². The van der Waals surface area contributed by atoms with Crippen LogP contribution in [0.15, 0.2) is 48.5 Å². The number of nitrogens with zero attached hydrogens (tertiary/aromatic N) is 3. The van der Waals surface area contributed by atoms with E-state index in [-0.39, 0.29) is 29.6 Å². The Hall–Kier alpha value is -3.34. The fraction of sp³-hybridized carbons (Fsp3) is 0.304. The number of nitrogens with one attached hydrogen (secondary N) is 1. The van der Waals surface area contributed by atoms with Crippen LogP contribution in [0.1, 0.15) is 42.1 Å². The molecule has 34 heavy (non-hydrogen) atoms. The van der Waals surface area contributed by atoms with E-state index < -0.39 is 23.5 Å². The van der Waals surface area contributed by atoms with Gasteiger partial charge in [-0.1, -0.05) is 42.9 Å². The molecule has 0 aliphatic rings. The summed E-state index contributed by atoms with van der Waals surface area (Å²) in [6, 6.07) is 9.88. The average molecular weight is 495 g/mol. The molecule has 2 amide bonds. The first-order valence-corrected chi connectivity index (χ1v) is 11.3. The van der Waals surface area contributed by atoms with Gasteiger partial charge in [-0.2, -0.15) is 13.2 Å². The molecule has 0 saturated carbocycles. The Morgan fingerprint density at radius 2 is 1.79 bits per heavy atom. The lowest BCUT2D eigenvalue weighted by molar-refractivity contribution is -0.137. The van der Waals surface area contributed by atoms with Crippen LogP contribution >= 0.6 is 11.3 Å². The van der Waals surface area contributed by atoms with Crippen LogP contribution in [0.3, 0.4) is 0 Å². The molecule has 3 rings (SSSR count). The predicted molar refractivity (Wildman–Crippen MR) is 121 cm³/mol. The van der Waals surface area contributed by atoms with Crippen molar-refractivity contribution in [3.8, 4) is 10.6 Å². The zero-order valence-corrected chi connectivity index (χ0v) is 19.0. The Kier molecular flexibility index (Phi) is 8.32. The van der Waals surface area contributed by atoms with E-state index in [1.165, 1.54) is 35.2 Å². The van der Waals surface area contributed by atoms with E-state index in [1.807, 2.05) is 6.92 Å². The Balaban J connectivity index is 1.60. The maximum absolute atomic E-state index is 13.5. The molecule has 0 aliphatic heterocycles. The second-order valence-corrected chi connectivity index (χ2v) is 8.42. The zero-order valence-electron chi connectivity index (χ0n) is 18.2. The van der Waals surface area contributed by atoms with Gasteiger partial charge < -0.3 is 10.2 Å². The fourth-order valence-electron chi connectivity index (χ4n) is 3.08. The van der Waals surface area contributed by atoms with Gasteiger partial charge in [-0.25, -0.2) is 4.39 Å². The SMILES string of the molecule is CCCCN(CCC(=O)Nc1nnc(-c2ccc(C(F)(F)F)cc2)s1)C(=O)c1cccc(F)c1. The highest BCUT2D eigenvalue weighted by molar-refractivity contribution is 7.18. The summed E-state index contributed by atoms with van der Waals surface area (Å²) in [5.74, 6) is -1.27. The second-order valence-electron chi connectivity index (χ2n) is 7.44. The molecule has 0 aliphatic carbocycles. The number of hydrogen-bond donors (Lipinski definition) is 1. The van der Waals surface area contributed by atoms with Crippen LogP contribution in [-0.4, -0.2) is 40.0 Å². The molecular weight excluding hydrogens is 472 g/mol. The number of hydrogen-bond acceptors (Lipinski definition) is 5. The van der Waals surface area contributed by atoms with E-state index in [0.717, 1.165) is 42.4 Å². The first-order valence-electron chi connectivity index (χ1n) is 10.5. The van der Waals surface area contributed by atoms with Crippen LogP contribution in [-0.2, 0) is 11.0 Å². The summed E-state index contributed by atoms with van der Waals surface area (Å²) >= 11 is 1.02. The summed E-state index contributed by atoms with van der Waals surface area (Å²) in [7, 11) is 0. The molecule has 2 aromatic carbocycles. The van der Waals surface area contributed by atoms with E-state index in [9.17, 15) is 27.2 Å². The number of aromatic nitrogens is 2. The molecule has 0 radical (unpaired) electrons. The lowest BCUT2D eigenvalue weighted by Gasteiger charge is -2.22. The van der Waals surface area contributed by atoms with E-state index in [0.29, 0.717) is 17.1 Å². The topological polar surface area (TPSA) is 75.2 Å². The third-order valence-electron chi connectivity index (χ3n) is 4.88. The van der Waals surface area contributed by atoms with Gasteiger partial charge >= 0.3 is 6.18 Å². The van der Waals surface area contributed by atoms with Gasteiger partial charge in [-0.15, -0.1) is 10.2 Å². The van der Waals surface area contributed by atoms with Crippen molar-refractivity contribution >= 4 is 28.3 Å². The van der Waals surface area contributed by atoms with Gasteiger partial charge in [0.05, 0.1) is 5.56 Å². The summed E-state index contributed by atoms with van der Waals surface area (Å²) in [5, 5.41) is 10.9. The molecular formula is C23H22F4N4O2S. The van der Waals surface area contributed by atoms with Gasteiger partial charge in [0.1, 0.15) is 10.8 Å². The number of benzene rings is 2. The van der Waals surface area contributed by atoms with Crippen LogP contribution in [0, 0.1) is 5.82 Å². The summed E-state index contributed by atoms with van der Waals surface area (Å²) in [4.78, 5) is 26.7. The number of alkyl halides is 3. The first kappa shape index (κ1) is 25.3. The highest BCUT2D eigenvalue weighted by Crippen LogP contribution is 2.32. The molecule has 0 spiro atoms. The normalized spacial score (nSPS) is 11.3. The summed E-state index contributed by atoms with van der Waals surface area (Å²) in [6.45, 7) is 2.53. The molecule has 0 atom stereocenters. The van der Waals surface area contributed by atoms with Gasteiger partial charge in [0.2, 0.25) is 11.0 Å². The van der Waals surface area contributed by atoms with Crippen molar-refractivity contribution in [3.63, 3.8) is 0 Å². The number of rotatable bonds is 9. The average Bonchev–Trinajstić information content (AvgIpc) is 3.26. The Bertz CT molecular complexity index is 1130. The number of halogens is 4. The lowest BCUT2D eigenvalue weighted by Crippen LogP contribution is -2.34. The third-order valence-corrected chi connectivity index (χ3v) is 5.77. The van der Waals surface area contributed by atoms with Crippen molar-refractivity contribution in [2.75, 3.05) is 18.4 Å². The van der Waals surface area contributed by atoms with Gasteiger partial charge in [0.15, 0.2) is 0 Å². The highest BCUT2D eigenvalue weighted by Gasteiger charge is 2.30.